The van der Waals surface area contributed by atoms with Gasteiger partial charge in [-0.05, 0) is 37.1 Å². The number of carbonyl (C=O) groups excluding carboxylic acids is 1. The molecule has 3 heterocycles. The predicted octanol–water partition coefficient (Wildman–Crippen LogP) is 1.93. The Morgan fingerprint density at radius 3 is 3.00 bits per heavy atom. The zero-order valence-electron chi connectivity index (χ0n) is 14.5. The fraction of sp³-hybridized carbons (Fsp3) is 0.316. The smallest absolute Gasteiger partial charge is 0.298 e. The van der Waals surface area contributed by atoms with E-state index in [4.69, 9.17) is 4.42 Å². The Bertz CT molecular complexity index is 974. The predicted molar refractivity (Wildman–Crippen MR) is 98.4 cm³/mol. The summed E-state index contributed by atoms with van der Waals surface area (Å²) >= 11 is 0. The molecule has 1 atom stereocenters. The number of amides is 1. The lowest BCUT2D eigenvalue weighted by molar-refractivity contribution is 0.0949. The molecule has 0 unspecified atom stereocenters. The van der Waals surface area contributed by atoms with Crippen molar-refractivity contribution >= 4 is 23.0 Å². The van der Waals surface area contributed by atoms with Crippen molar-refractivity contribution in [1.29, 1.82) is 0 Å². The number of fused-ring (bicyclic) bond motifs is 1. The first kappa shape index (κ1) is 16.4. The molecule has 2 aromatic heterocycles. The molecule has 1 fully saturated rings. The van der Waals surface area contributed by atoms with E-state index < -0.39 is 0 Å². The first-order valence-electron chi connectivity index (χ1n) is 8.69. The molecular weight excluding hydrogens is 332 g/mol. The van der Waals surface area contributed by atoms with Crippen LogP contribution in [0.5, 0.6) is 0 Å². The van der Waals surface area contributed by atoms with Gasteiger partial charge in [0.1, 0.15) is 11.1 Å². The van der Waals surface area contributed by atoms with Crippen LogP contribution < -0.4 is 15.8 Å². The Labute approximate surface area is 150 Å². The second-order valence-electron chi connectivity index (χ2n) is 6.50. The maximum absolute atomic E-state index is 12.4. The van der Waals surface area contributed by atoms with E-state index in [0.717, 1.165) is 30.5 Å². The number of hydrogen-bond acceptors (Lipinski definition) is 5. The van der Waals surface area contributed by atoms with Gasteiger partial charge in [-0.25, -0.2) is 0 Å². The average molecular weight is 352 g/mol. The third-order valence-electron chi connectivity index (χ3n) is 4.77. The van der Waals surface area contributed by atoms with Crippen molar-refractivity contribution in [1.82, 2.24) is 14.9 Å². The van der Waals surface area contributed by atoms with Crippen molar-refractivity contribution in [2.75, 3.05) is 18.0 Å². The SMILES string of the molecule is Cn1cccc(C(=O)NC[C@H]2CCCN2c2nc3ccccc3o2)c1=O. The van der Waals surface area contributed by atoms with Crippen LogP contribution >= 0.6 is 0 Å². The molecule has 1 amide bonds. The highest BCUT2D eigenvalue weighted by atomic mass is 16.4. The third kappa shape index (κ3) is 2.96. The molecule has 4 rings (SSSR count). The van der Waals surface area contributed by atoms with Gasteiger partial charge in [-0.15, -0.1) is 0 Å². The number of oxazole rings is 1. The number of hydrogen-bond donors (Lipinski definition) is 1. The van der Waals surface area contributed by atoms with Crippen molar-refractivity contribution in [2.45, 2.75) is 18.9 Å². The number of nitrogens with zero attached hydrogens (tertiary/aromatic N) is 3. The van der Waals surface area contributed by atoms with E-state index in [1.54, 1.807) is 25.4 Å². The summed E-state index contributed by atoms with van der Waals surface area (Å²) in [4.78, 5) is 31.1. The first-order valence-corrected chi connectivity index (χ1v) is 8.69. The molecule has 0 aliphatic carbocycles. The van der Waals surface area contributed by atoms with Crippen LogP contribution in [0.2, 0.25) is 0 Å². The number of aromatic nitrogens is 2. The Morgan fingerprint density at radius 2 is 2.15 bits per heavy atom. The van der Waals surface area contributed by atoms with E-state index >= 15 is 0 Å². The number of nitrogens with one attached hydrogen (secondary N) is 1. The molecule has 26 heavy (non-hydrogen) atoms. The van der Waals surface area contributed by atoms with Crippen LogP contribution in [0.3, 0.4) is 0 Å². The average Bonchev–Trinajstić information content (AvgIpc) is 3.27. The summed E-state index contributed by atoms with van der Waals surface area (Å²) in [7, 11) is 1.63. The standard InChI is InChI=1S/C19H20N4O3/c1-22-10-5-7-14(18(22)25)17(24)20-12-13-6-4-11-23(13)19-21-15-8-2-3-9-16(15)26-19/h2-3,5,7-10,13H,4,6,11-12H2,1H3,(H,20,24)/t13-/m1/s1. The Kier molecular flexibility index (Phi) is 4.20. The summed E-state index contributed by atoms with van der Waals surface area (Å²) in [6, 6.07) is 11.6. The van der Waals surface area contributed by atoms with Gasteiger partial charge in [0, 0.05) is 26.3 Å². The van der Waals surface area contributed by atoms with Gasteiger partial charge in [0.25, 0.3) is 17.5 Å². The molecule has 7 nitrogen and oxygen atoms in total. The number of benzene rings is 1. The van der Waals surface area contributed by atoms with Gasteiger partial charge in [0.15, 0.2) is 5.58 Å². The molecule has 134 valence electrons. The number of pyridine rings is 1. The maximum Gasteiger partial charge on any atom is 0.298 e. The molecule has 0 spiro atoms. The highest BCUT2D eigenvalue weighted by molar-refractivity contribution is 5.93. The summed E-state index contributed by atoms with van der Waals surface area (Å²) in [6.07, 6.45) is 3.57. The van der Waals surface area contributed by atoms with Crippen molar-refractivity contribution < 1.29 is 9.21 Å². The van der Waals surface area contributed by atoms with Gasteiger partial charge in [0.05, 0.1) is 6.04 Å². The van der Waals surface area contributed by atoms with Gasteiger partial charge >= 0.3 is 0 Å². The molecule has 1 N–H and O–H groups in total. The molecule has 1 aliphatic rings. The molecule has 7 heteroatoms. The summed E-state index contributed by atoms with van der Waals surface area (Å²) in [5.41, 5.74) is 1.43. The number of carbonyl (C=O) groups is 1. The van der Waals surface area contributed by atoms with E-state index in [-0.39, 0.29) is 23.1 Å². The fourth-order valence-electron chi connectivity index (χ4n) is 3.36. The normalized spacial score (nSPS) is 17.0. The lowest BCUT2D eigenvalue weighted by Gasteiger charge is -2.23. The Hall–Kier alpha value is -3.09. The monoisotopic (exact) mass is 352 g/mol. The van der Waals surface area contributed by atoms with E-state index in [2.05, 4.69) is 15.2 Å². The van der Waals surface area contributed by atoms with Gasteiger partial charge < -0.3 is 19.2 Å². The van der Waals surface area contributed by atoms with Crippen molar-refractivity contribution in [3.8, 4) is 0 Å². The highest BCUT2D eigenvalue weighted by Crippen LogP contribution is 2.27. The minimum absolute atomic E-state index is 0.0968. The number of aryl methyl sites for hydroxylation is 1. The van der Waals surface area contributed by atoms with E-state index in [9.17, 15) is 9.59 Å². The van der Waals surface area contributed by atoms with Crippen molar-refractivity contribution in [3.63, 3.8) is 0 Å². The first-order chi connectivity index (χ1) is 12.6. The van der Waals surface area contributed by atoms with E-state index in [1.807, 2.05) is 24.3 Å². The second kappa shape index (κ2) is 6.67. The van der Waals surface area contributed by atoms with Crippen LogP contribution in [0.4, 0.5) is 6.01 Å². The van der Waals surface area contributed by atoms with Crippen molar-refractivity contribution in [2.24, 2.45) is 7.05 Å². The highest BCUT2D eigenvalue weighted by Gasteiger charge is 2.29. The number of anilines is 1. The van der Waals surface area contributed by atoms with Gasteiger partial charge in [-0.3, -0.25) is 9.59 Å². The molecule has 0 saturated carbocycles. The van der Waals surface area contributed by atoms with Gasteiger partial charge in [-0.2, -0.15) is 4.98 Å². The van der Waals surface area contributed by atoms with E-state index in [1.165, 1.54) is 4.57 Å². The second-order valence-corrected chi connectivity index (χ2v) is 6.50. The summed E-state index contributed by atoms with van der Waals surface area (Å²) < 4.78 is 7.26. The molecule has 3 aromatic rings. The van der Waals surface area contributed by atoms with E-state index in [0.29, 0.717) is 12.6 Å². The quantitative estimate of drug-likeness (QED) is 0.776. The molecular formula is C19H20N4O3. The van der Waals surface area contributed by atoms with Crippen LogP contribution in [0.15, 0.2) is 51.8 Å². The summed E-state index contributed by atoms with van der Waals surface area (Å²) in [5, 5.41) is 2.88. The van der Waals surface area contributed by atoms with Crippen LogP contribution in [0.25, 0.3) is 11.1 Å². The molecule has 1 aromatic carbocycles. The Balaban J connectivity index is 1.48. The van der Waals surface area contributed by atoms with Crippen LogP contribution in [0, 0.1) is 0 Å². The fourth-order valence-corrected chi connectivity index (χ4v) is 3.36. The number of rotatable bonds is 4. The zero-order chi connectivity index (χ0) is 18.1. The minimum atomic E-state index is -0.351. The Morgan fingerprint density at radius 1 is 1.31 bits per heavy atom. The zero-order valence-corrected chi connectivity index (χ0v) is 14.5. The molecule has 0 bridgehead atoms. The topological polar surface area (TPSA) is 80.4 Å². The third-order valence-corrected chi connectivity index (χ3v) is 4.77. The largest absolute Gasteiger partial charge is 0.423 e. The molecule has 1 aliphatic heterocycles. The molecule has 0 radical (unpaired) electrons. The van der Waals surface area contributed by atoms with Crippen LogP contribution in [0.1, 0.15) is 23.2 Å². The maximum atomic E-state index is 12.4. The van der Waals surface area contributed by atoms with Crippen LogP contribution in [-0.2, 0) is 7.05 Å². The minimum Gasteiger partial charge on any atom is -0.423 e. The molecule has 1 saturated heterocycles. The summed E-state index contributed by atoms with van der Waals surface area (Å²) in [6.45, 7) is 1.27. The van der Waals surface area contributed by atoms with Gasteiger partial charge in [-0.1, -0.05) is 12.1 Å². The number of para-hydroxylation sites is 2. The lowest BCUT2D eigenvalue weighted by Crippen LogP contribution is -2.42. The van der Waals surface area contributed by atoms with Crippen molar-refractivity contribution in [3.05, 3.63) is 58.5 Å². The van der Waals surface area contributed by atoms with Crippen LogP contribution in [-0.4, -0.2) is 34.6 Å². The van der Waals surface area contributed by atoms with Gasteiger partial charge in [0.2, 0.25) is 0 Å². The summed E-state index contributed by atoms with van der Waals surface area (Å²) in [5.74, 6) is -0.351. The lowest BCUT2D eigenvalue weighted by atomic mass is 10.2.